The van der Waals surface area contributed by atoms with E-state index in [2.05, 4.69) is 38.2 Å². The molecule has 200 valence electrons. The SMILES string of the molecule is COC[C@H](C(=O)N[C@@H](CCCc1ccccc1)B1O[C@@H]2C[C@@H]3C[C@@H](C3(C)C)[C@]2(C)O1)N1C(=O)CCC1=O. The lowest BCUT2D eigenvalue weighted by Gasteiger charge is -2.64. The molecule has 5 aliphatic rings. The first-order valence-electron chi connectivity index (χ1n) is 13.7. The Morgan fingerprint density at radius 1 is 1.16 bits per heavy atom. The van der Waals surface area contributed by atoms with Crippen LogP contribution >= 0.6 is 0 Å². The summed E-state index contributed by atoms with van der Waals surface area (Å²) in [6.45, 7) is 6.76. The summed E-state index contributed by atoms with van der Waals surface area (Å²) < 4.78 is 18.5. The van der Waals surface area contributed by atoms with Gasteiger partial charge in [0, 0.05) is 20.0 Å². The summed E-state index contributed by atoms with van der Waals surface area (Å²) >= 11 is 0. The summed E-state index contributed by atoms with van der Waals surface area (Å²) in [6.07, 6.45) is 4.70. The van der Waals surface area contributed by atoms with Gasteiger partial charge in [0.2, 0.25) is 17.7 Å². The molecule has 0 aromatic heterocycles. The maximum Gasteiger partial charge on any atom is 0.481 e. The Bertz CT molecular complexity index is 1020. The molecule has 0 radical (unpaired) electrons. The van der Waals surface area contributed by atoms with Crippen molar-refractivity contribution in [2.75, 3.05) is 13.7 Å². The number of hydrogen-bond donors (Lipinski definition) is 1. The minimum absolute atomic E-state index is 0.000639. The van der Waals surface area contributed by atoms with Crippen LogP contribution in [0.4, 0.5) is 0 Å². The molecule has 6 atom stereocenters. The van der Waals surface area contributed by atoms with Gasteiger partial charge in [0.25, 0.3) is 0 Å². The largest absolute Gasteiger partial charge is 0.481 e. The lowest BCUT2D eigenvalue weighted by Crippen LogP contribution is -2.65. The predicted octanol–water partition coefficient (Wildman–Crippen LogP) is 2.93. The van der Waals surface area contributed by atoms with Gasteiger partial charge in [0.05, 0.1) is 24.3 Å². The zero-order valence-corrected chi connectivity index (χ0v) is 22.4. The van der Waals surface area contributed by atoms with Crippen LogP contribution in [0.25, 0.3) is 0 Å². The number of likely N-dealkylation sites (tertiary alicyclic amines) is 1. The first kappa shape index (κ1) is 26.4. The van der Waals surface area contributed by atoms with Crippen LogP contribution in [0.15, 0.2) is 30.3 Å². The Hall–Kier alpha value is -2.23. The van der Waals surface area contributed by atoms with E-state index in [9.17, 15) is 14.4 Å². The van der Waals surface area contributed by atoms with Crippen molar-refractivity contribution in [2.45, 2.75) is 89.4 Å². The minimum atomic E-state index is -1.00. The molecule has 2 saturated heterocycles. The highest BCUT2D eigenvalue weighted by molar-refractivity contribution is 6.48. The second-order valence-electron chi connectivity index (χ2n) is 12.0. The van der Waals surface area contributed by atoms with Gasteiger partial charge in [-0.15, -0.1) is 0 Å². The molecule has 1 aromatic rings. The number of aryl methyl sites for hydroxylation is 1. The lowest BCUT2D eigenvalue weighted by atomic mass is 9.43. The Labute approximate surface area is 219 Å². The highest BCUT2D eigenvalue weighted by Crippen LogP contribution is 2.65. The molecule has 3 amide bonds. The van der Waals surface area contributed by atoms with Crippen molar-refractivity contribution in [1.29, 1.82) is 0 Å². The van der Waals surface area contributed by atoms with Crippen LogP contribution in [-0.4, -0.2) is 67.1 Å². The zero-order valence-electron chi connectivity index (χ0n) is 22.4. The fraction of sp³-hybridized carbons (Fsp3) is 0.679. The maximum atomic E-state index is 13.5. The summed E-state index contributed by atoms with van der Waals surface area (Å²) in [6, 6.07) is 9.24. The molecule has 0 unspecified atom stereocenters. The Morgan fingerprint density at radius 3 is 2.51 bits per heavy atom. The number of ether oxygens (including phenoxy) is 1. The average Bonchev–Trinajstić information content (AvgIpc) is 3.40. The summed E-state index contributed by atoms with van der Waals surface area (Å²) in [5, 5.41) is 3.11. The molecule has 1 aromatic carbocycles. The number of nitrogens with one attached hydrogen (secondary N) is 1. The summed E-state index contributed by atoms with van der Waals surface area (Å²) in [7, 11) is 0.878. The quantitative estimate of drug-likeness (QED) is 0.384. The average molecular weight is 510 g/mol. The van der Waals surface area contributed by atoms with Gasteiger partial charge < -0.3 is 19.4 Å². The molecule has 37 heavy (non-hydrogen) atoms. The van der Waals surface area contributed by atoms with Crippen molar-refractivity contribution in [3.05, 3.63) is 35.9 Å². The van der Waals surface area contributed by atoms with E-state index in [0.29, 0.717) is 18.3 Å². The number of nitrogens with zero attached hydrogens (tertiary/aromatic N) is 1. The lowest BCUT2D eigenvalue weighted by molar-refractivity contribution is -0.199. The number of rotatable bonds is 10. The van der Waals surface area contributed by atoms with E-state index in [-0.39, 0.29) is 42.8 Å². The molecule has 6 rings (SSSR count). The van der Waals surface area contributed by atoms with Crippen LogP contribution in [0.5, 0.6) is 0 Å². The molecule has 2 heterocycles. The third kappa shape index (κ3) is 4.74. The van der Waals surface area contributed by atoms with Crippen molar-refractivity contribution in [3.63, 3.8) is 0 Å². The standard InChI is InChI=1S/C28H39BN2O6/c1-27(2)19-15-21(27)28(3)22(16-19)36-29(37-28)23(12-8-11-18-9-6-5-7-10-18)30-26(34)20(17-35-4)31-24(32)13-14-25(31)33/h5-7,9-10,19-23H,8,11-17H2,1-4H3,(H,30,34)/t19-,20+,21-,22+,23-,28-/m0/s1. The molecule has 5 fully saturated rings. The number of carbonyl (C=O) groups excluding carboxylic acids is 3. The zero-order chi connectivity index (χ0) is 26.4. The Balaban J connectivity index is 1.33. The number of benzene rings is 1. The van der Waals surface area contributed by atoms with Crippen LogP contribution in [0, 0.1) is 17.3 Å². The topological polar surface area (TPSA) is 94.2 Å². The van der Waals surface area contributed by atoms with Crippen LogP contribution < -0.4 is 5.32 Å². The van der Waals surface area contributed by atoms with Gasteiger partial charge in [-0.05, 0) is 61.8 Å². The van der Waals surface area contributed by atoms with E-state index >= 15 is 0 Å². The van der Waals surface area contributed by atoms with Crippen LogP contribution in [0.1, 0.15) is 64.9 Å². The number of carbonyl (C=O) groups is 3. The fourth-order valence-electron chi connectivity index (χ4n) is 7.16. The van der Waals surface area contributed by atoms with Gasteiger partial charge in [-0.2, -0.15) is 0 Å². The Kier molecular flexibility index (Phi) is 7.24. The van der Waals surface area contributed by atoms with E-state index in [4.69, 9.17) is 14.0 Å². The highest BCUT2D eigenvalue weighted by atomic mass is 16.7. The minimum Gasteiger partial charge on any atom is -0.404 e. The van der Waals surface area contributed by atoms with Gasteiger partial charge >= 0.3 is 7.12 Å². The van der Waals surface area contributed by atoms with Gasteiger partial charge in [-0.3, -0.25) is 19.3 Å². The molecular formula is C28H39BN2O6. The van der Waals surface area contributed by atoms with Gasteiger partial charge in [-0.25, -0.2) is 0 Å². The molecule has 3 saturated carbocycles. The smallest absolute Gasteiger partial charge is 0.404 e. The fourth-order valence-corrected chi connectivity index (χ4v) is 7.16. The normalized spacial score (nSPS) is 31.6. The van der Waals surface area contributed by atoms with Crippen molar-refractivity contribution in [2.24, 2.45) is 17.3 Å². The second-order valence-corrected chi connectivity index (χ2v) is 12.0. The third-order valence-electron chi connectivity index (χ3n) is 9.48. The van der Waals surface area contributed by atoms with Crippen LogP contribution in [0.2, 0.25) is 0 Å². The summed E-state index contributed by atoms with van der Waals surface area (Å²) in [4.78, 5) is 39.4. The van der Waals surface area contributed by atoms with Gasteiger partial charge in [0.1, 0.15) is 6.04 Å². The molecule has 9 heteroatoms. The molecule has 2 bridgehead atoms. The number of imide groups is 1. The predicted molar refractivity (Wildman–Crippen MR) is 138 cm³/mol. The van der Waals surface area contributed by atoms with Crippen LogP contribution in [0.3, 0.4) is 0 Å². The molecule has 0 spiro atoms. The first-order valence-corrected chi connectivity index (χ1v) is 13.7. The van der Waals surface area contributed by atoms with E-state index in [1.807, 2.05) is 18.2 Å². The number of amides is 3. The van der Waals surface area contributed by atoms with E-state index in [1.165, 1.54) is 12.7 Å². The monoisotopic (exact) mass is 510 g/mol. The van der Waals surface area contributed by atoms with Crippen LogP contribution in [-0.2, 0) is 34.9 Å². The highest BCUT2D eigenvalue weighted by Gasteiger charge is 2.68. The van der Waals surface area contributed by atoms with Gasteiger partial charge in [0.15, 0.2) is 0 Å². The van der Waals surface area contributed by atoms with Crippen molar-refractivity contribution in [3.8, 4) is 0 Å². The molecule has 3 aliphatic carbocycles. The van der Waals surface area contributed by atoms with Gasteiger partial charge in [-0.1, -0.05) is 44.2 Å². The number of methoxy groups -OCH3 is 1. The van der Waals surface area contributed by atoms with Crippen molar-refractivity contribution in [1.82, 2.24) is 10.2 Å². The summed E-state index contributed by atoms with van der Waals surface area (Å²) in [5.41, 5.74) is 1.06. The van der Waals surface area contributed by atoms with E-state index < -0.39 is 30.6 Å². The number of hydrogen-bond acceptors (Lipinski definition) is 6. The van der Waals surface area contributed by atoms with Crippen molar-refractivity contribution >= 4 is 24.8 Å². The Morgan fingerprint density at radius 2 is 1.86 bits per heavy atom. The second kappa shape index (κ2) is 10.2. The van der Waals surface area contributed by atoms with E-state index in [1.54, 1.807) is 0 Å². The molecule has 8 nitrogen and oxygen atoms in total. The maximum absolute atomic E-state index is 13.5. The summed E-state index contributed by atoms with van der Waals surface area (Å²) in [5.74, 6) is -0.454. The van der Waals surface area contributed by atoms with Crippen molar-refractivity contribution < 1.29 is 28.4 Å². The molecule has 2 aliphatic heterocycles. The molecule has 1 N–H and O–H groups in total. The first-order chi connectivity index (χ1) is 17.6. The van der Waals surface area contributed by atoms with E-state index in [0.717, 1.165) is 30.6 Å². The third-order valence-corrected chi connectivity index (χ3v) is 9.48. The molecular weight excluding hydrogens is 471 g/mol.